The predicted octanol–water partition coefficient (Wildman–Crippen LogP) is 3.04. The van der Waals surface area contributed by atoms with Crippen molar-refractivity contribution in [2.75, 3.05) is 0 Å². The Morgan fingerprint density at radius 2 is 2.00 bits per heavy atom. The first-order valence-corrected chi connectivity index (χ1v) is 6.84. The van der Waals surface area contributed by atoms with Crippen molar-refractivity contribution in [2.24, 2.45) is 0 Å². The minimum atomic E-state index is 0.0471. The highest BCUT2D eigenvalue weighted by molar-refractivity contribution is 7.12. The van der Waals surface area contributed by atoms with Gasteiger partial charge < -0.3 is 0 Å². The van der Waals surface area contributed by atoms with Crippen molar-refractivity contribution in [1.82, 2.24) is 0 Å². The second kappa shape index (κ2) is 4.50. The van der Waals surface area contributed by atoms with Crippen molar-refractivity contribution in [3.8, 4) is 0 Å². The first-order chi connectivity index (χ1) is 8.74. The molecule has 0 N–H and O–H groups in total. The van der Waals surface area contributed by atoms with Gasteiger partial charge in [0.1, 0.15) is 5.78 Å². The summed E-state index contributed by atoms with van der Waals surface area (Å²) < 4.78 is 0. The van der Waals surface area contributed by atoms with Gasteiger partial charge in [-0.25, -0.2) is 0 Å². The molecule has 0 unspecified atom stereocenters. The van der Waals surface area contributed by atoms with Crippen LogP contribution in [0.4, 0.5) is 0 Å². The Labute approximate surface area is 109 Å². The number of hydrogen-bond donors (Lipinski definition) is 0. The zero-order chi connectivity index (χ0) is 12.5. The molecule has 1 aromatic heterocycles. The molecule has 18 heavy (non-hydrogen) atoms. The van der Waals surface area contributed by atoms with Crippen molar-refractivity contribution in [1.29, 1.82) is 0 Å². The number of benzene rings is 1. The molecule has 0 radical (unpaired) electrons. The molecule has 0 atom stereocenters. The van der Waals surface area contributed by atoms with Crippen LogP contribution in [0.2, 0.25) is 0 Å². The van der Waals surface area contributed by atoms with Gasteiger partial charge in [0.15, 0.2) is 0 Å². The lowest BCUT2D eigenvalue weighted by molar-refractivity contribution is -0.118. The van der Waals surface area contributed by atoms with Gasteiger partial charge in [-0.15, -0.1) is 11.3 Å². The fraction of sp³-hybridized carbons (Fsp3) is 0.200. The Kier molecular flexibility index (Phi) is 2.84. The number of carbonyl (C=O) groups is 2. The van der Waals surface area contributed by atoms with Crippen LogP contribution >= 0.6 is 11.3 Å². The number of hydrogen-bond acceptors (Lipinski definition) is 3. The summed E-state index contributed by atoms with van der Waals surface area (Å²) >= 11 is 1.45. The fourth-order valence-electron chi connectivity index (χ4n) is 2.30. The Bertz CT molecular complexity index is 611. The maximum atomic E-state index is 12.2. The topological polar surface area (TPSA) is 34.1 Å². The number of Topliss-reactive ketones (excluding diaryl/α,β-unsaturated/α-hetero) is 1. The third-order valence-electron chi connectivity index (χ3n) is 3.27. The smallest absolute Gasteiger partial charge is 0.202 e. The van der Waals surface area contributed by atoms with E-state index in [-0.39, 0.29) is 11.6 Å². The lowest BCUT2D eigenvalue weighted by atomic mass is 9.89. The highest BCUT2D eigenvalue weighted by Crippen LogP contribution is 2.23. The third-order valence-corrected chi connectivity index (χ3v) is 4.14. The third kappa shape index (κ3) is 2.02. The summed E-state index contributed by atoms with van der Waals surface area (Å²) in [6.07, 6.45) is 1.91. The van der Waals surface area contributed by atoms with Gasteiger partial charge in [-0.05, 0) is 35.1 Å². The molecule has 3 rings (SSSR count). The molecule has 0 aliphatic heterocycles. The van der Waals surface area contributed by atoms with Crippen LogP contribution in [-0.4, -0.2) is 11.6 Å². The maximum Gasteiger partial charge on any atom is 0.202 e. The largest absolute Gasteiger partial charge is 0.299 e. The summed E-state index contributed by atoms with van der Waals surface area (Å²) in [5.41, 5.74) is 2.91. The van der Waals surface area contributed by atoms with Crippen LogP contribution in [0.25, 0.3) is 0 Å². The van der Waals surface area contributed by atoms with Gasteiger partial charge >= 0.3 is 0 Å². The predicted molar refractivity (Wildman–Crippen MR) is 71.2 cm³/mol. The van der Waals surface area contributed by atoms with Crippen molar-refractivity contribution >= 4 is 22.9 Å². The van der Waals surface area contributed by atoms with Crippen LogP contribution in [0.5, 0.6) is 0 Å². The number of aryl methyl sites for hydroxylation is 1. The molecule has 0 fully saturated rings. The molecular formula is C15H12O2S. The molecule has 1 aliphatic carbocycles. The number of thiophene rings is 1. The van der Waals surface area contributed by atoms with Gasteiger partial charge in [0.05, 0.1) is 4.88 Å². The van der Waals surface area contributed by atoms with Gasteiger partial charge in [-0.2, -0.15) is 0 Å². The molecule has 0 amide bonds. The average molecular weight is 256 g/mol. The lowest BCUT2D eigenvalue weighted by Gasteiger charge is -2.15. The van der Waals surface area contributed by atoms with E-state index < -0.39 is 0 Å². The van der Waals surface area contributed by atoms with E-state index in [0.717, 1.165) is 16.9 Å². The molecule has 2 nitrogen and oxygen atoms in total. The molecule has 90 valence electrons. The monoisotopic (exact) mass is 256 g/mol. The SMILES string of the molecule is O=C1CCc2ccc(C(=O)c3cccs3)cc2C1. The molecular weight excluding hydrogens is 244 g/mol. The second-order valence-electron chi connectivity index (χ2n) is 4.51. The molecule has 1 heterocycles. The van der Waals surface area contributed by atoms with Gasteiger partial charge in [0.2, 0.25) is 5.78 Å². The quantitative estimate of drug-likeness (QED) is 0.774. The molecule has 0 spiro atoms. The first kappa shape index (κ1) is 11.4. The summed E-state index contributed by atoms with van der Waals surface area (Å²) in [5.74, 6) is 0.314. The summed E-state index contributed by atoms with van der Waals surface area (Å²) in [6, 6.07) is 9.45. The molecule has 0 bridgehead atoms. The van der Waals surface area contributed by atoms with E-state index >= 15 is 0 Å². The van der Waals surface area contributed by atoms with Crippen LogP contribution in [0.1, 0.15) is 32.8 Å². The van der Waals surface area contributed by atoms with E-state index in [0.29, 0.717) is 18.4 Å². The van der Waals surface area contributed by atoms with E-state index in [1.807, 2.05) is 35.7 Å². The standard InChI is InChI=1S/C15H12O2S/c16-13-6-5-10-3-4-11(8-12(10)9-13)15(17)14-2-1-7-18-14/h1-4,7-8H,5-6,9H2. The van der Waals surface area contributed by atoms with E-state index in [2.05, 4.69) is 0 Å². The number of fused-ring (bicyclic) bond motifs is 1. The van der Waals surface area contributed by atoms with E-state index in [4.69, 9.17) is 0 Å². The van der Waals surface area contributed by atoms with Crippen molar-refractivity contribution in [3.63, 3.8) is 0 Å². The van der Waals surface area contributed by atoms with Gasteiger partial charge in [-0.3, -0.25) is 9.59 Å². The zero-order valence-electron chi connectivity index (χ0n) is 9.81. The van der Waals surface area contributed by atoms with E-state index in [1.165, 1.54) is 16.9 Å². The summed E-state index contributed by atoms with van der Waals surface area (Å²) in [5, 5.41) is 1.90. The molecule has 1 aliphatic rings. The number of carbonyl (C=O) groups excluding carboxylic acids is 2. The van der Waals surface area contributed by atoms with Gasteiger partial charge in [0.25, 0.3) is 0 Å². The highest BCUT2D eigenvalue weighted by atomic mass is 32.1. The molecule has 0 saturated carbocycles. The Hall–Kier alpha value is -1.74. The van der Waals surface area contributed by atoms with Gasteiger partial charge in [-0.1, -0.05) is 18.2 Å². The molecule has 0 saturated heterocycles. The second-order valence-corrected chi connectivity index (χ2v) is 5.45. The van der Waals surface area contributed by atoms with Gasteiger partial charge in [0, 0.05) is 18.4 Å². The minimum absolute atomic E-state index is 0.0471. The van der Waals surface area contributed by atoms with Crippen LogP contribution < -0.4 is 0 Å². The van der Waals surface area contributed by atoms with E-state index in [1.54, 1.807) is 0 Å². The molecule has 3 heteroatoms. The minimum Gasteiger partial charge on any atom is -0.299 e. The normalized spacial score (nSPS) is 14.3. The summed E-state index contributed by atoms with van der Waals surface area (Å²) in [7, 11) is 0. The van der Waals surface area contributed by atoms with Crippen molar-refractivity contribution in [3.05, 3.63) is 57.3 Å². The number of ketones is 2. The average Bonchev–Trinajstić information content (AvgIpc) is 2.90. The van der Waals surface area contributed by atoms with Crippen LogP contribution in [0.3, 0.4) is 0 Å². The van der Waals surface area contributed by atoms with Crippen molar-refractivity contribution < 1.29 is 9.59 Å². The Morgan fingerprint density at radius 3 is 2.78 bits per heavy atom. The van der Waals surface area contributed by atoms with E-state index in [9.17, 15) is 9.59 Å². The Morgan fingerprint density at radius 1 is 1.11 bits per heavy atom. The zero-order valence-corrected chi connectivity index (χ0v) is 10.6. The first-order valence-electron chi connectivity index (χ1n) is 5.96. The number of rotatable bonds is 2. The lowest BCUT2D eigenvalue weighted by Crippen LogP contribution is -2.14. The van der Waals surface area contributed by atoms with Crippen LogP contribution in [-0.2, 0) is 17.6 Å². The maximum absolute atomic E-state index is 12.2. The summed E-state index contributed by atoms with van der Waals surface area (Å²) in [4.78, 5) is 24.4. The van der Waals surface area contributed by atoms with Crippen molar-refractivity contribution in [2.45, 2.75) is 19.3 Å². The van der Waals surface area contributed by atoms with Crippen LogP contribution in [0, 0.1) is 0 Å². The molecule has 1 aromatic carbocycles. The summed E-state index contributed by atoms with van der Waals surface area (Å²) in [6.45, 7) is 0. The Balaban J connectivity index is 1.97. The highest BCUT2D eigenvalue weighted by Gasteiger charge is 2.18. The molecule has 2 aromatic rings. The fourth-order valence-corrected chi connectivity index (χ4v) is 2.99. The van der Waals surface area contributed by atoms with Crippen LogP contribution in [0.15, 0.2) is 35.7 Å².